The molecule has 0 fully saturated rings. The van der Waals surface area contributed by atoms with Crippen molar-refractivity contribution in [3.63, 3.8) is 0 Å². The van der Waals surface area contributed by atoms with Gasteiger partial charge in [0.15, 0.2) is 12.6 Å². The molecule has 0 spiro atoms. The maximum atomic E-state index is 15.3. The van der Waals surface area contributed by atoms with Gasteiger partial charge in [-0.2, -0.15) is 8.42 Å². The summed E-state index contributed by atoms with van der Waals surface area (Å²) < 4.78 is 56.5. The minimum absolute atomic E-state index is 0.0195. The molecule has 0 saturated carbocycles. The van der Waals surface area contributed by atoms with E-state index < -0.39 is 24.1 Å². The lowest BCUT2D eigenvalue weighted by molar-refractivity contribution is 0.0219. The molecule has 188 valence electrons. The van der Waals surface area contributed by atoms with E-state index in [-0.39, 0.29) is 29.7 Å². The van der Waals surface area contributed by atoms with E-state index in [4.69, 9.17) is 9.47 Å². The van der Waals surface area contributed by atoms with Crippen LogP contribution in [-0.4, -0.2) is 35.9 Å². The third-order valence-corrected chi connectivity index (χ3v) is 9.44. The summed E-state index contributed by atoms with van der Waals surface area (Å²) in [4.78, 5) is 0. The predicted octanol–water partition coefficient (Wildman–Crippen LogP) is 6.54. The summed E-state index contributed by atoms with van der Waals surface area (Å²) in [6, 6.07) is 12.0. The molecule has 0 N–H and O–H groups in total. The fraction of sp³-hybridized carbons (Fsp3) is 0.520. The van der Waals surface area contributed by atoms with Crippen molar-refractivity contribution in [2.45, 2.75) is 65.8 Å². The van der Waals surface area contributed by atoms with E-state index in [1.54, 1.807) is 30.3 Å². The highest BCUT2D eigenvalue weighted by molar-refractivity contribution is 7.95. The highest BCUT2D eigenvalue weighted by Crippen LogP contribution is 2.49. The topological polar surface area (TPSA) is 59.1 Å². The second-order valence-corrected chi connectivity index (χ2v) is 18.2. The fourth-order valence-electron chi connectivity index (χ4n) is 4.16. The van der Waals surface area contributed by atoms with Crippen LogP contribution in [0, 0.1) is 11.2 Å². The van der Waals surface area contributed by atoms with E-state index in [0.717, 1.165) is 10.3 Å². The molecule has 2 aromatic rings. The molecule has 1 unspecified atom stereocenters. The largest absolute Gasteiger partial charge is 0.467 e. The molecule has 2 aromatic carbocycles. The zero-order chi connectivity index (χ0) is 25.3. The molecule has 0 saturated heterocycles. The van der Waals surface area contributed by atoms with Gasteiger partial charge in [0.25, 0.3) is 0 Å². The second-order valence-electron chi connectivity index (χ2n) is 10.9. The molecule has 1 heterocycles. The Hall–Kier alpha value is -2.10. The molecule has 0 aliphatic carbocycles. The van der Waals surface area contributed by atoms with E-state index in [1.807, 2.05) is 27.7 Å². The van der Waals surface area contributed by atoms with Gasteiger partial charge in [0.05, 0.1) is 23.1 Å². The van der Waals surface area contributed by atoms with Gasteiger partial charge in [0.1, 0.15) is 5.75 Å². The molecule has 9 heteroatoms. The van der Waals surface area contributed by atoms with Gasteiger partial charge in [-0.3, -0.25) is 0 Å². The highest BCUT2D eigenvalue weighted by Gasteiger charge is 2.47. The summed E-state index contributed by atoms with van der Waals surface area (Å²) in [6.45, 7) is 15.4. The fourth-order valence-corrected chi connectivity index (χ4v) is 7.08. The Morgan fingerprint density at radius 3 is 2.24 bits per heavy atom. The summed E-state index contributed by atoms with van der Waals surface area (Å²) in [6.07, 6.45) is 0.623. The van der Waals surface area contributed by atoms with E-state index in [9.17, 15) is 8.42 Å². The molecule has 34 heavy (non-hydrogen) atoms. The zero-order valence-corrected chi connectivity index (χ0v) is 23.1. The lowest BCUT2D eigenvalue weighted by Gasteiger charge is -2.37. The van der Waals surface area contributed by atoms with Crippen molar-refractivity contribution in [3.05, 3.63) is 48.3 Å². The SMILES string of the molecule is CCC(N1c2ccccc2N(c2ccc(OCOCC[Si](C)(C)C)cc2F)S1(=O)=O)C(C)(C)C. The Balaban J connectivity index is 1.88. The Bertz CT molecular complexity index is 1110. The van der Waals surface area contributed by atoms with Crippen LogP contribution < -0.4 is 13.3 Å². The first kappa shape index (κ1) is 26.5. The summed E-state index contributed by atoms with van der Waals surface area (Å²) in [7, 11) is -5.24. The zero-order valence-electron chi connectivity index (χ0n) is 21.3. The number of hydrogen-bond acceptors (Lipinski definition) is 4. The van der Waals surface area contributed by atoms with Gasteiger partial charge in [-0.15, -0.1) is 0 Å². The normalized spacial score (nSPS) is 16.5. The summed E-state index contributed by atoms with van der Waals surface area (Å²) >= 11 is 0. The molecule has 1 aliphatic heterocycles. The number of ether oxygens (including phenoxy) is 2. The molecule has 1 atom stereocenters. The predicted molar refractivity (Wildman–Crippen MR) is 140 cm³/mol. The minimum atomic E-state index is -4.04. The van der Waals surface area contributed by atoms with Crippen LogP contribution >= 0.6 is 0 Å². The number of fused-ring (bicyclic) bond motifs is 1. The number of rotatable bonds is 9. The van der Waals surface area contributed by atoms with Crippen molar-refractivity contribution in [2.24, 2.45) is 5.41 Å². The Kier molecular flexibility index (Phi) is 7.69. The number of anilines is 3. The maximum absolute atomic E-state index is 15.3. The first-order valence-corrected chi connectivity index (χ1v) is 16.8. The third kappa shape index (κ3) is 5.58. The van der Waals surface area contributed by atoms with E-state index >= 15 is 4.39 Å². The molecule has 0 aromatic heterocycles. The van der Waals surface area contributed by atoms with Crippen LogP contribution in [0.2, 0.25) is 25.7 Å². The average molecular weight is 509 g/mol. The molecule has 3 rings (SSSR count). The smallest absolute Gasteiger partial charge is 0.331 e. The molecule has 6 nitrogen and oxygen atoms in total. The first-order chi connectivity index (χ1) is 15.8. The van der Waals surface area contributed by atoms with Crippen molar-refractivity contribution in [3.8, 4) is 5.75 Å². The van der Waals surface area contributed by atoms with Gasteiger partial charge < -0.3 is 9.47 Å². The van der Waals surface area contributed by atoms with Gasteiger partial charge in [0, 0.05) is 20.7 Å². The monoisotopic (exact) mass is 508 g/mol. The van der Waals surface area contributed by atoms with Gasteiger partial charge in [0.2, 0.25) is 0 Å². The molecule has 0 bridgehead atoms. The summed E-state index contributed by atoms with van der Waals surface area (Å²) in [5.41, 5.74) is 0.648. The second kappa shape index (κ2) is 9.87. The molecule has 0 radical (unpaired) electrons. The van der Waals surface area contributed by atoms with Crippen molar-refractivity contribution < 1.29 is 22.3 Å². The van der Waals surface area contributed by atoms with Crippen molar-refractivity contribution in [1.29, 1.82) is 0 Å². The Morgan fingerprint density at radius 1 is 1.03 bits per heavy atom. The van der Waals surface area contributed by atoms with Gasteiger partial charge in [-0.25, -0.2) is 13.0 Å². The number of benzene rings is 2. The van der Waals surface area contributed by atoms with Crippen LogP contribution in [0.5, 0.6) is 5.75 Å². The third-order valence-electron chi connectivity index (χ3n) is 5.93. The average Bonchev–Trinajstić information content (AvgIpc) is 2.94. The van der Waals surface area contributed by atoms with E-state index in [1.165, 1.54) is 16.4 Å². The number of halogens is 1. The van der Waals surface area contributed by atoms with Crippen LogP contribution in [-0.2, 0) is 14.9 Å². The molecular weight excluding hydrogens is 471 g/mol. The van der Waals surface area contributed by atoms with Gasteiger partial charge in [-0.1, -0.05) is 59.5 Å². The minimum Gasteiger partial charge on any atom is -0.467 e. The highest BCUT2D eigenvalue weighted by atomic mass is 32.2. The lowest BCUT2D eigenvalue weighted by atomic mass is 9.85. The van der Waals surface area contributed by atoms with Crippen molar-refractivity contribution >= 4 is 35.3 Å². The Labute approximate surface area is 204 Å². The van der Waals surface area contributed by atoms with E-state index in [0.29, 0.717) is 24.4 Å². The van der Waals surface area contributed by atoms with Crippen LogP contribution in [0.15, 0.2) is 42.5 Å². The van der Waals surface area contributed by atoms with Crippen LogP contribution in [0.1, 0.15) is 34.1 Å². The quantitative estimate of drug-likeness (QED) is 0.219. The lowest BCUT2D eigenvalue weighted by Crippen LogP contribution is -2.48. The summed E-state index contributed by atoms with van der Waals surface area (Å²) in [5.74, 6) is -0.388. The summed E-state index contributed by atoms with van der Waals surface area (Å²) in [5, 5.41) is 0. The molecule has 1 aliphatic rings. The van der Waals surface area contributed by atoms with Crippen molar-refractivity contribution in [2.75, 3.05) is 22.0 Å². The van der Waals surface area contributed by atoms with Crippen LogP contribution in [0.3, 0.4) is 0 Å². The maximum Gasteiger partial charge on any atom is 0.331 e. The van der Waals surface area contributed by atoms with E-state index in [2.05, 4.69) is 19.6 Å². The van der Waals surface area contributed by atoms with Gasteiger partial charge in [-0.05, 0) is 42.1 Å². The van der Waals surface area contributed by atoms with Crippen molar-refractivity contribution in [1.82, 2.24) is 0 Å². The standard InChI is InChI=1S/C25H37FN2O4SSi/c1-8-24(25(2,3)4)28-23-12-10-9-11-22(23)27(33(28,29)30)21-14-13-19(17-20(21)26)32-18-31-15-16-34(5,6)7/h9-14,17,24H,8,15-16,18H2,1-7H3. The van der Waals surface area contributed by atoms with Crippen LogP contribution in [0.25, 0.3) is 0 Å². The number of nitrogens with zero attached hydrogens (tertiary/aromatic N) is 2. The van der Waals surface area contributed by atoms with Crippen LogP contribution in [0.4, 0.5) is 21.5 Å². The number of para-hydroxylation sites is 2. The number of hydrogen-bond donors (Lipinski definition) is 0. The molecule has 0 amide bonds. The Morgan fingerprint density at radius 2 is 1.68 bits per heavy atom. The first-order valence-electron chi connectivity index (χ1n) is 11.7. The van der Waals surface area contributed by atoms with Gasteiger partial charge >= 0.3 is 10.2 Å². The molecular formula is C25H37FN2O4SSi.